The Hall–Kier alpha value is -2.44. The smallest absolute Gasteiger partial charge is 0.239 e. The maximum Gasteiger partial charge on any atom is 0.239 e. The van der Waals surface area contributed by atoms with Crippen molar-refractivity contribution in [2.24, 2.45) is 11.3 Å². The van der Waals surface area contributed by atoms with Crippen LogP contribution in [0.25, 0.3) is 11.2 Å². The number of pyridine rings is 1. The lowest BCUT2D eigenvalue weighted by atomic mass is 9.78. The molecule has 1 saturated carbocycles. The van der Waals surface area contributed by atoms with Gasteiger partial charge in [0.05, 0.1) is 6.54 Å². The molecule has 2 fully saturated rings. The van der Waals surface area contributed by atoms with E-state index in [9.17, 15) is 9.59 Å². The van der Waals surface area contributed by atoms with Crippen LogP contribution in [0.15, 0.2) is 18.3 Å². The van der Waals surface area contributed by atoms with Crippen molar-refractivity contribution >= 4 is 23.0 Å². The van der Waals surface area contributed by atoms with Crippen LogP contribution in [-0.2, 0) is 22.6 Å². The van der Waals surface area contributed by atoms with Crippen LogP contribution in [0.3, 0.4) is 0 Å². The standard InChI is InChI=1S/C22H31N5O2/c1-16(2)14-27-18(25-17-6-5-9-24-21(17)27)12-22(7-3-4-8-22)13-20(29)26-11-10-23-19(28)15-26/h5-6,9,16H,3-4,7-8,10-15H2,1-2H3,(H,23,28). The van der Waals surface area contributed by atoms with Crippen molar-refractivity contribution in [3.63, 3.8) is 0 Å². The summed E-state index contributed by atoms with van der Waals surface area (Å²) < 4.78 is 2.25. The second-order valence-corrected chi connectivity index (χ2v) is 9.10. The summed E-state index contributed by atoms with van der Waals surface area (Å²) in [5, 5.41) is 2.80. The maximum absolute atomic E-state index is 13.0. The quantitative estimate of drug-likeness (QED) is 0.812. The van der Waals surface area contributed by atoms with Crippen LogP contribution in [0.2, 0.25) is 0 Å². The molecule has 0 unspecified atom stereocenters. The first-order valence-corrected chi connectivity index (χ1v) is 10.8. The van der Waals surface area contributed by atoms with Gasteiger partial charge in [-0.3, -0.25) is 9.59 Å². The zero-order valence-electron chi connectivity index (χ0n) is 17.5. The van der Waals surface area contributed by atoms with Crippen LogP contribution in [0.4, 0.5) is 0 Å². The molecule has 1 N–H and O–H groups in total. The number of hydrogen-bond donors (Lipinski definition) is 1. The number of rotatable bonds is 6. The number of nitrogens with one attached hydrogen (secondary N) is 1. The van der Waals surface area contributed by atoms with Crippen LogP contribution in [0, 0.1) is 11.3 Å². The molecule has 1 aliphatic heterocycles. The number of amides is 2. The van der Waals surface area contributed by atoms with E-state index in [1.807, 2.05) is 18.3 Å². The molecule has 0 aromatic carbocycles. The van der Waals surface area contributed by atoms with Gasteiger partial charge in [0.15, 0.2) is 5.65 Å². The fourth-order valence-electron chi connectivity index (χ4n) is 4.86. The number of aromatic nitrogens is 3. The summed E-state index contributed by atoms with van der Waals surface area (Å²) in [4.78, 5) is 36.0. The normalized spacial score (nSPS) is 19.1. The minimum atomic E-state index is -0.0683. The lowest BCUT2D eigenvalue weighted by Gasteiger charge is -2.33. The van der Waals surface area contributed by atoms with E-state index in [1.165, 1.54) is 0 Å². The zero-order chi connectivity index (χ0) is 20.4. The Kier molecular flexibility index (Phi) is 5.56. The van der Waals surface area contributed by atoms with Crippen LogP contribution < -0.4 is 5.32 Å². The van der Waals surface area contributed by atoms with Gasteiger partial charge in [0.2, 0.25) is 11.8 Å². The number of hydrogen-bond acceptors (Lipinski definition) is 4. The Balaban J connectivity index is 1.59. The number of fused-ring (bicyclic) bond motifs is 1. The van der Waals surface area contributed by atoms with Gasteiger partial charge in [-0.2, -0.15) is 0 Å². The first kappa shape index (κ1) is 19.9. The Morgan fingerprint density at radius 3 is 2.83 bits per heavy atom. The molecule has 156 valence electrons. The number of imidazole rings is 1. The Morgan fingerprint density at radius 1 is 1.31 bits per heavy atom. The van der Waals surface area contributed by atoms with Gasteiger partial charge in [-0.25, -0.2) is 9.97 Å². The Labute approximate surface area is 171 Å². The van der Waals surface area contributed by atoms with Crippen LogP contribution >= 0.6 is 0 Å². The molecule has 1 aliphatic carbocycles. The second kappa shape index (κ2) is 8.13. The van der Waals surface area contributed by atoms with Crippen molar-refractivity contribution in [1.82, 2.24) is 24.8 Å². The molecule has 7 heteroatoms. The molecule has 2 aromatic rings. The number of carbonyl (C=O) groups is 2. The van der Waals surface area contributed by atoms with Gasteiger partial charge in [-0.1, -0.05) is 26.7 Å². The predicted octanol–water partition coefficient (Wildman–Crippen LogP) is 2.54. The van der Waals surface area contributed by atoms with Crippen molar-refractivity contribution in [2.75, 3.05) is 19.6 Å². The molecule has 3 heterocycles. The SMILES string of the molecule is CC(C)Cn1c(CC2(CC(=O)N3CCNC(=O)C3)CCCC2)nc2cccnc21. The fraction of sp³-hybridized carbons (Fsp3) is 0.636. The largest absolute Gasteiger partial charge is 0.353 e. The van der Waals surface area contributed by atoms with E-state index < -0.39 is 0 Å². The highest BCUT2D eigenvalue weighted by molar-refractivity contribution is 5.86. The summed E-state index contributed by atoms with van der Waals surface area (Å²) in [6.45, 7) is 6.62. The van der Waals surface area contributed by atoms with Gasteiger partial charge in [0.1, 0.15) is 11.3 Å². The fourth-order valence-corrected chi connectivity index (χ4v) is 4.86. The molecule has 2 aliphatic rings. The molecule has 0 spiro atoms. The first-order valence-electron chi connectivity index (χ1n) is 10.8. The number of carbonyl (C=O) groups excluding carboxylic acids is 2. The van der Waals surface area contributed by atoms with Gasteiger partial charge >= 0.3 is 0 Å². The minimum absolute atomic E-state index is 0.0603. The molecule has 0 radical (unpaired) electrons. The molecule has 29 heavy (non-hydrogen) atoms. The van der Waals surface area contributed by atoms with E-state index in [4.69, 9.17) is 4.98 Å². The third-order valence-corrected chi connectivity index (χ3v) is 6.25. The highest BCUT2D eigenvalue weighted by Crippen LogP contribution is 2.44. The van der Waals surface area contributed by atoms with E-state index in [2.05, 4.69) is 28.7 Å². The van der Waals surface area contributed by atoms with Crippen molar-refractivity contribution in [1.29, 1.82) is 0 Å². The highest BCUT2D eigenvalue weighted by Gasteiger charge is 2.39. The van der Waals surface area contributed by atoms with Crippen LogP contribution in [-0.4, -0.2) is 50.9 Å². The summed E-state index contributed by atoms with van der Waals surface area (Å²) in [5.74, 6) is 1.57. The summed E-state index contributed by atoms with van der Waals surface area (Å²) in [6.07, 6.45) is 7.49. The minimum Gasteiger partial charge on any atom is -0.353 e. The van der Waals surface area contributed by atoms with Crippen molar-refractivity contribution in [3.05, 3.63) is 24.2 Å². The predicted molar refractivity (Wildman–Crippen MR) is 111 cm³/mol. The Morgan fingerprint density at radius 2 is 2.10 bits per heavy atom. The summed E-state index contributed by atoms with van der Waals surface area (Å²) in [7, 11) is 0. The molecule has 1 saturated heterocycles. The van der Waals surface area contributed by atoms with E-state index >= 15 is 0 Å². The average molecular weight is 398 g/mol. The number of nitrogens with zero attached hydrogens (tertiary/aromatic N) is 4. The summed E-state index contributed by atoms with van der Waals surface area (Å²) in [6, 6.07) is 3.94. The molecular formula is C22H31N5O2. The van der Waals surface area contributed by atoms with Crippen LogP contribution in [0.5, 0.6) is 0 Å². The third kappa shape index (κ3) is 4.28. The summed E-state index contributed by atoms with van der Waals surface area (Å²) in [5.41, 5.74) is 1.79. The molecule has 4 rings (SSSR count). The van der Waals surface area contributed by atoms with Gasteiger partial charge in [-0.05, 0) is 36.3 Å². The molecular weight excluding hydrogens is 366 g/mol. The lowest BCUT2D eigenvalue weighted by molar-refractivity contribution is -0.140. The Bertz CT molecular complexity index is 898. The van der Waals surface area contributed by atoms with E-state index in [0.29, 0.717) is 25.4 Å². The zero-order valence-corrected chi connectivity index (χ0v) is 17.5. The van der Waals surface area contributed by atoms with E-state index in [0.717, 1.165) is 55.6 Å². The molecule has 0 bridgehead atoms. The van der Waals surface area contributed by atoms with Crippen molar-refractivity contribution in [3.8, 4) is 0 Å². The average Bonchev–Trinajstić information content (AvgIpc) is 3.27. The molecule has 7 nitrogen and oxygen atoms in total. The number of piperazine rings is 1. The first-order chi connectivity index (χ1) is 14.0. The van der Waals surface area contributed by atoms with Gasteiger partial charge in [0, 0.05) is 38.7 Å². The third-order valence-electron chi connectivity index (χ3n) is 6.25. The molecule has 2 aromatic heterocycles. The van der Waals surface area contributed by atoms with E-state index in [-0.39, 0.29) is 23.8 Å². The lowest BCUT2D eigenvalue weighted by Crippen LogP contribution is -2.50. The van der Waals surface area contributed by atoms with Crippen molar-refractivity contribution < 1.29 is 9.59 Å². The maximum atomic E-state index is 13.0. The molecule has 0 atom stereocenters. The van der Waals surface area contributed by atoms with Crippen molar-refractivity contribution in [2.45, 2.75) is 58.9 Å². The topological polar surface area (TPSA) is 80.1 Å². The molecule has 2 amide bonds. The summed E-state index contributed by atoms with van der Waals surface area (Å²) >= 11 is 0. The highest BCUT2D eigenvalue weighted by atomic mass is 16.2. The second-order valence-electron chi connectivity index (χ2n) is 9.10. The van der Waals surface area contributed by atoms with Crippen LogP contribution in [0.1, 0.15) is 51.8 Å². The van der Waals surface area contributed by atoms with Gasteiger partial charge in [-0.15, -0.1) is 0 Å². The van der Waals surface area contributed by atoms with Gasteiger partial charge in [0.25, 0.3) is 0 Å². The van der Waals surface area contributed by atoms with E-state index in [1.54, 1.807) is 4.90 Å². The monoisotopic (exact) mass is 397 g/mol. The van der Waals surface area contributed by atoms with Gasteiger partial charge < -0.3 is 14.8 Å².